The summed E-state index contributed by atoms with van der Waals surface area (Å²) >= 11 is 0. The van der Waals surface area contributed by atoms with Crippen LogP contribution in [0.5, 0.6) is 0 Å². The van der Waals surface area contributed by atoms with Gasteiger partial charge in [-0.2, -0.15) is 4.98 Å². The summed E-state index contributed by atoms with van der Waals surface area (Å²) < 4.78 is 33.0. The van der Waals surface area contributed by atoms with E-state index in [2.05, 4.69) is 14.8 Å². The first-order valence-corrected chi connectivity index (χ1v) is 10.6. The molecule has 2 aromatic rings. The van der Waals surface area contributed by atoms with E-state index in [-0.39, 0.29) is 34.8 Å². The molecular weight excluding hydrogens is 406 g/mol. The van der Waals surface area contributed by atoms with E-state index in [1.165, 1.54) is 12.3 Å². The van der Waals surface area contributed by atoms with Gasteiger partial charge in [0.15, 0.2) is 0 Å². The van der Waals surface area contributed by atoms with Crippen LogP contribution in [-0.4, -0.2) is 59.1 Å². The summed E-state index contributed by atoms with van der Waals surface area (Å²) in [6.07, 6.45) is 1.39. The van der Waals surface area contributed by atoms with Gasteiger partial charge in [0.25, 0.3) is 6.43 Å². The predicted molar refractivity (Wildman–Crippen MR) is 111 cm³/mol. The molecule has 2 unspecified atom stereocenters. The number of carbonyl (C=O) groups is 1. The Hall–Kier alpha value is -2.88. The second kappa shape index (κ2) is 7.99. The molecule has 2 bridgehead atoms. The van der Waals surface area contributed by atoms with Crippen molar-refractivity contribution >= 4 is 23.4 Å². The Morgan fingerprint density at radius 3 is 2.48 bits per heavy atom. The fourth-order valence-corrected chi connectivity index (χ4v) is 4.81. The van der Waals surface area contributed by atoms with Gasteiger partial charge >= 0.3 is 0 Å². The number of Topliss-reactive ketones (excluding diaryl/α,β-unsaturated/α-hetero) is 1. The van der Waals surface area contributed by atoms with Gasteiger partial charge < -0.3 is 20.3 Å². The monoisotopic (exact) mass is 430 g/mol. The fraction of sp³-hybridized carbons (Fsp3) is 0.524. The molecule has 31 heavy (non-hydrogen) atoms. The maximum atomic E-state index is 13.8. The van der Waals surface area contributed by atoms with Crippen molar-refractivity contribution in [3.63, 3.8) is 0 Å². The Labute approximate surface area is 178 Å². The van der Waals surface area contributed by atoms with Gasteiger partial charge in [-0.3, -0.25) is 4.79 Å². The molecule has 2 aromatic heterocycles. The molecule has 0 aromatic carbocycles. The number of nitrogen functional groups attached to an aromatic ring is 1. The van der Waals surface area contributed by atoms with E-state index in [4.69, 9.17) is 20.4 Å². The number of alkyl halides is 2. The standard InChI is InChI=1S/C21H24F2N6O2/c22-20(23)15-9-18(24)25-11-16(15)17-10-19(28-3-5-31-6-4-28)27-21(26-17)29-12-1-2-13(29)8-14(30)7-12/h9-13,20H,1-8H2,(H2,24,25). The minimum Gasteiger partial charge on any atom is -0.384 e. The van der Waals surface area contributed by atoms with Crippen molar-refractivity contribution in [3.05, 3.63) is 23.9 Å². The number of morpholine rings is 1. The van der Waals surface area contributed by atoms with Crippen molar-refractivity contribution in [2.45, 2.75) is 44.2 Å². The number of nitrogens with zero attached hydrogens (tertiary/aromatic N) is 5. The quantitative estimate of drug-likeness (QED) is 0.791. The maximum absolute atomic E-state index is 13.8. The van der Waals surface area contributed by atoms with Crippen molar-refractivity contribution in [1.82, 2.24) is 15.0 Å². The molecule has 2 atom stereocenters. The topological polar surface area (TPSA) is 97.5 Å². The third-order valence-electron chi connectivity index (χ3n) is 6.28. The number of rotatable bonds is 4. The molecule has 0 aliphatic carbocycles. The van der Waals surface area contributed by atoms with Gasteiger partial charge in [-0.25, -0.2) is 18.7 Å². The number of carbonyl (C=O) groups excluding carboxylic acids is 1. The number of ketones is 1. The number of fused-ring (bicyclic) bond motifs is 2. The molecule has 5 rings (SSSR count). The molecule has 0 amide bonds. The summed E-state index contributed by atoms with van der Waals surface area (Å²) in [5.74, 6) is 1.44. The lowest BCUT2D eigenvalue weighted by atomic mass is 10.0. The maximum Gasteiger partial charge on any atom is 0.264 e. The van der Waals surface area contributed by atoms with Crippen LogP contribution in [0.2, 0.25) is 0 Å². The van der Waals surface area contributed by atoms with Crippen LogP contribution in [0, 0.1) is 0 Å². The first-order chi connectivity index (χ1) is 15.0. The Morgan fingerprint density at radius 2 is 1.81 bits per heavy atom. The highest BCUT2D eigenvalue weighted by Crippen LogP contribution is 2.39. The molecule has 164 valence electrons. The van der Waals surface area contributed by atoms with Gasteiger partial charge in [0.05, 0.1) is 18.9 Å². The summed E-state index contributed by atoms with van der Waals surface area (Å²) in [7, 11) is 0. The smallest absolute Gasteiger partial charge is 0.264 e. The summed E-state index contributed by atoms with van der Waals surface area (Å²) in [6.45, 7) is 2.46. The van der Waals surface area contributed by atoms with Crippen LogP contribution in [0.25, 0.3) is 11.3 Å². The number of anilines is 3. The highest BCUT2D eigenvalue weighted by molar-refractivity contribution is 5.83. The number of halogens is 2. The molecular formula is C21H24F2N6O2. The second-order valence-electron chi connectivity index (χ2n) is 8.25. The van der Waals surface area contributed by atoms with Gasteiger partial charge in [0.1, 0.15) is 17.4 Å². The average molecular weight is 430 g/mol. The summed E-state index contributed by atoms with van der Waals surface area (Å²) in [5, 5.41) is 0. The van der Waals surface area contributed by atoms with Gasteiger partial charge in [-0.05, 0) is 18.9 Å². The van der Waals surface area contributed by atoms with Crippen molar-refractivity contribution in [1.29, 1.82) is 0 Å². The summed E-state index contributed by atoms with van der Waals surface area (Å²) in [6, 6.07) is 3.03. The molecule has 0 saturated carbocycles. The van der Waals surface area contributed by atoms with E-state index in [1.54, 1.807) is 6.07 Å². The van der Waals surface area contributed by atoms with Gasteiger partial charge in [-0.15, -0.1) is 0 Å². The molecule has 3 aliphatic heterocycles. The lowest BCUT2D eigenvalue weighted by Crippen LogP contribution is -2.44. The number of hydrogen-bond donors (Lipinski definition) is 1. The van der Waals surface area contributed by atoms with Gasteiger partial charge in [0.2, 0.25) is 5.95 Å². The van der Waals surface area contributed by atoms with Crippen LogP contribution >= 0.6 is 0 Å². The molecule has 3 saturated heterocycles. The SMILES string of the molecule is Nc1cc(C(F)F)c(-c2cc(N3CCOCC3)nc(N3C4CCC3CC(=O)C4)n2)cn1. The molecule has 2 N–H and O–H groups in total. The number of ether oxygens (including phenoxy) is 1. The van der Waals surface area contributed by atoms with E-state index in [1.807, 2.05) is 0 Å². The Morgan fingerprint density at radius 1 is 1.10 bits per heavy atom. The van der Waals surface area contributed by atoms with E-state index in [0.717, 1.165) is 12.8 Å². The fourth-order valence-electron chi connectivity index (χ4n) is 4.81. The third-order valence-corrected chi connectivity index (χ3v) is 6.28. The molecule has 3 aliphatic rings. The zero-order valence-electron chi connectivity index (χ0n) is 17.0. The molecule has 8 nitrogen and oxygen atoms in total. The zero-order valence-corrected chi connectivity index (χ0v) is 17.0. The van der Waals surface area contributed by atoms with Crippen LogP contribution in [0.4, 0.5) is 26.4 Å². The van der Waals surface area contributed by atoms with Crippen molar-refractivity contribution in [3.8, 4) is 11.3 Å². The van der Waals surface area contributed by atoms with E-state index < -0.39 is 6.43 Å². The van der Waals surface area contributed by atoms with Crippen LogP contribution in [0.3, 0.4) is 0 Å². The molecule has 10 heteroatoms. The van der Waals surface area contributed by atoms with Crippen molar-refractivity contribution in [2.75, 3.05) is 41.8 Å². The normalized spacial score (nSPS) is 23.6. The van der Waals surface area contributed by atoms with Crippen LogP contribution in [-0.2, 0) is 9.53 Å². The van der Waals surface area contributed by atoms with Crippen LogP contribution < -0.4 is 15.5 Å². The second-order valence-corrected chi connectivity index (χ2v) is 8.25. The van der Waals surface area contributed by atoms with Crippen molar-refractivity contribution < 1.29 is 18.3 Å². The lowest BCUT2D eigenvalue weighted by Gasteiger charge is -2.35. The van der Waals surface area contributed by atoms with Crippen LogP contribution in [0.1, 0.15) is 37.7 Å². The highest BCUT2D eigenvalue weighted by atomic mass is 19.3. The number of pyridine rings is 1. The minimum absolute atomic E-state index is 0.0364. The lowest BCUT2D eigenvalue weighted by molar-refractivity contribution is -0.120. The highest BCUT2D eigenvalue weighted by Gasteiger charge is 2.42. The molecule has 0 spiro atoms. The van der Waals surface area contributed by atoms with E-state index in [0.29, 0.717) is 56.6 Å². The first-order valence-electron chi connectivity index (χ1n) is 10.6. The Kier molecular flexibility index (Phi) is 5.17. The Balaban J connectivity index is 1.62. The number of nitrogens with two attached hydrogens (primary N) is 1. The largest absolute Gasteiger partial charge is 0.384 e. The zero-order chi connectivity index (χ0) is 21.5. The molecule has 3 fully saturated rings. The number of hydrogen-bond acceptors (Lipinski definition) is 8. The number of aromatic nitrogens is 3. The van der Waals surface area contributed by atoms with E-state index in [9.17, 15) is 13.6 Å². The van der Waals surface area contributed by atoms with Gasteiger partial charge in [-0.1, -0.05) is 0 Å². The molecule has 5 heterocycles. The summed E-state index contributed by atoms with van der Waals surface area (Å²) in [5.41, 5.74) is 6.07. The summed E-state index contributed by atoms with van der Waals surface area (Å²) in [4.78, 5) is 29.8. The van der Waals surface area contributed by atoms with Crippen molar-refractivity contribution in [2.24, 2.45) is 0 Å². The molecule has 0 radical (unpaired) electrons. The van der Waals surface area contributed by atoms with Gasteiger partial charge in [0, 0.05) is 61.4 Å². The van der Waals surface area contributed by atoms with E-state index >= 15 is 0 Å². The minimum atomic E-state index is -2.71. The first kappa shape index (κ1) is 20.0. The number of piperidine rings is 1. The van der Waals surface area contributed by atoms with Crippen LogP contribution in [0.15, 0.2) is 18.3 Å². The Bertz CT molecular complexity index is 982. The third kappa shape index (κ3) is 3.80. The average Bonchev–Trinajstić information content (AvgIpc) is 3.05. The predicted octanol–water partition coefficient (Wildman–Crippen LogP) is 2.60.